The number of carbonyl (C=O) groups is 1. The molecule has 6 heterocycles. The van der Waals surface area contributed by atoms with Gasteiger partial charge in [0.25, 0.3) is 0 Å². The molecule has 39 atom stereocenters. The maximum absolute atomic E-state index is 13.6. The second-order valence-electron chi connectivity index (χ2n) is 29.8. The van der Waals surface area contributed by atoms with Crippen molar-refractivity contribution in [1.82, 2.24) is 0 Å². The Morgan fingerprint density at radius 3 is 1.59 bits per heavy atom. The van der Waals surface area contributed by atoms with Crippen LogP contribution in [0.15, 0.2) is 11.6 Å². The van der Waals surface area contributed by atoms with Crippen LogP contribution in [0.2, 0.25) is 0 Å². The maximum Gasteiger partial charge on any atom is 0.397 e. The molecule has 0 bridgehead atoms. The molecule has 0 aromatic rings. The van der Waals surface area contributed by atoms with Crippen molar-refractivity contribution in [3.05, 3.63) is 11.6 Å². The highest BCUT2D eigenvalue weighted by molar-refractivity contribution is 7.80. The van der Waals surface area contributed by atoms with Crippen molar-refractivity contribution in [1.29, 1.82) is 0 Å². The van der Waals surface area contributed by atoms with E-state index in [0.29, 0.717) is 32.1 Å². The topological polar surface area (TPSA) is 495 Å². The fourth-order valence-electron chi connectivity index (χ4n) is 17.2. The summed E-state index contributed by atoms with van der Waals surface area (Å²) in [6.07, 6.45) is -47.3. The Bertz CT molecular complexity index is 2770. The summed E-state index contributed by atoms with van der Waals surface area (Å²) in [6.45, 7) is 15.7. The predicted octanol–water partition coefficient (Wildman–Crippen LogP) is -3.58. The van der Waals surface area contributed by atoms with Crippen LogP contribution in [0.25, 0.3) is 0 Å². The third kappa shape index (κ3) is 15.0. The quantitative estimate of drug-likeness (QED) is 0.0414. The Balaban J connectivity index is 0.905. The number of hydrogen-bond acceptors (Lipinski definition) is 31. The fraction of sp³-hybridized carbons (Fsp3) is 0.952. The minimum absolute atomic E-state index is 0.0171. The molecule has 0 amide bonds. The van der Waals surface area contributed by atoms with E-state index in [1.54, 1.807) is 6.92 Å². The number of allylic oxidation sites excluding steroid dienone is 2. The fourth-order valence-corrected chi connectivity index (χ4v) is 17.7. The summed E-state index contributed by atoms with van der Waals surface area (Å²) in [6, 6.07) is 0. The molecule has 6 saturated heterocycles. The van der Waals surface area contributed by atoms with E-state index in [4.69, 9.17) is 61.0 Å². The standard InChI is InChI=1S/C63H104O32S/c1-22(2)23(3)33(65)19-63(10,79)37-12-11-30-29-18-34(32-17-28(95-96(80,81)82)13-15-61(32,8)31(29)14-16-62(30,37)9)88-57-49(77)52(41(69)26(6)86-57)92-59-53(93-56-48(76)45(73)39(67)25(5)85-56)43(71)36(21-83-59)90-60-54(46(74)42(70)35(20-64)89-60)94-58-50(78)51(40(68)27(7)87-58)91-55-47(75)44(72)38(66)24(4)84-55/h14,22-30,32,34-60,64,66-79H,11-13,15-21H2,1-10H3,(H,80,81,82). The number of hydrogen-bond donors (Lipinski definition) is 16. The number of aliphatic hydroxyl groups excluding tert-OH is 14. The van der Waals surface area contributed by atoms with Gasteiger partial charge in [-0.2, -0.15) is 8.42 Å². The van der Waals surface area contributed by atoms with Gasteiger partial charge in [-0.1, -0.05) is 46.3 Å². The molecule has 16 N–H and O–H groups in total. The lowest BCUT2D eigenvalue weighted by atomic mass is 9.47. The molecule has 0 spiro atoms. The Kier molecular flexibility index (Phi) is 23.8. The smallest absolute Gasteiger partial charge is 0.394 e. The first-order chi connectivity index (χ1) is 44.8. The molecule has 33 heteroatoms. The molecule has 3 saturated carbocycles. The largest absolute Gasteiger partial charge is 0.397 e. The molecule has 32 nitrogen and oxygen atoms in total. The van der Waals surface area contributed by atoms with E-state index in [-0.39, 0.29) is 54.6 Å². The minimum atomic E-state index is -4.91. The summed E-state index contributed by atoms with van der Waals surface area (Å²) in [5, 5.41) is 170. The average Bonchev–Trinajstić information content (AvgIpc) is 1.38. The summed E-state index contributed by atoms with van der Waals surface area (Å²) in [5.74, 6) is -1.23. The summed E-state index contributed by atoms with van der Waals surface area (Å²) >= 11 is 0. The van der Waals surface area contributed by atoms with Crippen LogP contribution in [0.4, 0.5) is 0 Å². The molecule has 6 aliphatic heterocycles. The molecule has 4 aliphatic carbocycles. The maximum atomic E-state index is 13.6. The van der Waals surface area contributed by atoms with Crippen molar-refractivity contribution in [2.24, 2.45) is 46.3 Å². The van der Waals surface area contributed by atoms with Gasteiger partial charge >= 0.3 is 10.4 Å². The summed E-state index contributed by atoms with van der Waals surface area (Å²) in [5.41, 5.74) is -1.38. The van der Waals surface area contributed by atoms with Gasteiger partial charge in [0.05, 0.1) is 55.4 Å². The molecular formula is C63H104O32S. The number of Topliss-reactive ketones (excluding diaryl/α,β-unsaturated/α-hetero) is 1. The van der Waals surface area contributed by atoms with Crippen LogP contribution in [0.3, 0.4) is 0 Å². The van der Waals surface area contributed by atoms with E-state index in [1.807, 2.05) is 20.8 Å². The molecule has 0 radical (unpaired) electrons. The molecular weight excluding hydrogens is 1300 g/mol. The summed E-state index contributed by atoms with van der Waals surface area (Å²) in [4.78, 5) is 13.6. The molecule has 0 aromatic heterocycles. The third-order valence-electron chi connectivity index (χ3n) is 23.2. The monoisotopic (exact) mass is 1400 g/mol. The first-order valence-corrected chi connectivity index (χ1v) is 35.1. The van der Waals surface area contributed by atoms with E-state index < -0.39 is 236 Å². The van der Waals surface area contributed by atoms with E-state index in [9.17, 15) is 94.4 Å². The second-order valence-corrected chi connectivity index (χ2v) is 30.9. The number of fused-ring (bicyclic) bond motifs is 5. The molecule has 10 rings (SSSR count). The molecule has 39 unspecified atom stereocenters. The number of rotatable bonds is 20. The lowest BCUT2D eigenvalue weighted by Gasteiger charge is -2.60. The van der Waals surface area contributed by atoms with Gasteiger partial charge in [0, 0.05) is 12.3 Å². The van der Waals surface area contributed by atoms with Crippen LogP contribution in [-0.4, -0.2) is 305 Å². The highest BCUT2D eigenvalue weighted by atomic mass is 32.3. The van der Waals surface area contributed by atoms with Crippen LogP contribution >= 0.6 is 0 Å². The van der Waals surface area contributed by atoms with Crippen molar-refractivity contribution >= 4 is 16.2 Å². The van der Waals surface area contributed by atoms with E-state index >= 15 is 0 Å². The van der Waals surface area contributed by atoms with Crippen molar-refractivity contribution in [2.75, 3.05) is 13.2 Å². The van der Waals surface area contributed by atoms with E-state index in [2.05, 4.69) is 19.9 Å². The molecule has 96 heavy (non-hydrogen) atoms. The molecule has 554 valence electrons. The van der Waals surface area contributed by atoms with E-state index in [1.165, 1.54) is 27.7 Å². The highest BCUT2D eigenvalue weighted by Gasteiger charge is 2.64. The van der Waals surface area contributed by atoms with Crippen LogP contribution in [-0.2, 0) is 76.2 Å². The Hall–Kier alpha value is -1.80. The van der Waals surface area contributed by atoms with Crippen LogP contribution < -0.4 is 0 Å². The normalized spacial score (nSPS) is 51.9. The zero-order chi connectivity index (χ0) is 70.5. The summed E-state index contributed by atoms with van der Waals surface area (Å²) < 4.78 is 113. The molecule has 9 fully saturated rings. The number of aliphatic hydroxyl groups is 15. The number of ether oxygens (including phenoxy) is 12. The Morgan fingerprint density at radius 2 is 1.06 bits per heavy atom. The summed E-state index contributed by atoms with van der Waals surface area (Å²) in [7, 11) is -4.91. The third-order valence-corrected chi connectivity index (χ3v) is 23.7. The molecule has 0 aromatic carbocycles. The van der Waals surface area contributed by atoms with Gasteiger partial charge < -0.3 is 133 Å². The first-order valence-electron chi connectivity index (χ1n) is 33.7. The van der Waals surface area contributed by atoms with Crippen LogP contribution in [0.1, 0.15) is 121 Å². The van der Waals surface area contributed by atoms with E-state index in [0.717, 1.165) is 5.57 Å². The Morgan fingerprint density at radius 1 is 0.573 bits per heavy atom. The highest BCUT2D eigenvalue weighted by Crippen LogP contribution is 2.67. The SMILES string of the molecule is CC(C)C(C)C(=O)CC(C)(O)C1CCC2C3CC(OC4OC(C)C(O)C(OC5OCC(OC6OC(CO)C(O)C(O)C6OC6OC(C)C(O)C(OC7OC(C)C(O)C(O)C7O)C6O)C(O)C5OC5OC(C)C(O)C(O)C5O)C4O)C4CC(OS(=O)(=O)O)CCC4(C)C3=CCC21C. The molecule has 10 aliphatic rings. The zero-order valence-electron chi connectivity index (χ0n) is 55.6. The van der Waals surface area contributed by atoms with Gasteiger partial charge in [-0.25, -0.2) is 4.18 Å². The number of carbonyl (C=O) groups excluding carboxylic acids is 1. The Labute approximate surface area is 557 Å². The zero-order valence-corrected chi connectivity index (χ0v) is 56.4. The van der Waals surface area contributed by atoms with Gasteiger partial charge in [0.15, 0.2) is 37.7 Å². The lowest BCUT2D eigenvalue weighted by molar-refractivity contribution is -0.402. The van der Waals surface area contributed by atoms with Gasteiger partial charge in [-0.05, 0) is 120 Å². The second kappa shape index (κ2) is 29.7. The van der Waals surface area contributed by atoms with Gasteiger partial charge in [0.2, 0.25) is 0 Å². The first kappa shape index (κ1) is 76.8. The van der Waals surface area contributed by atoms with Crippen LogP contribution in [0.5, 0.6) is 0 Å². The van der Waals surface area contributed by atoms with Gasteiger partial charge in [-0.15, -0.1) is 0 Å². The van der Waals surface area contributed by atoms with Crippen molar-refractivity contribution in [2.45, 2.75) is 317 Å². The van der Waals surface area contributed by atoms with Gasteiger partial charge in [-0.3, -0.25) is 9.35 Å². The number of ketones is 1. The average molecular weight is 1410 g/mol. The van der Waals surface area contributed by atoms with Crippen molar-refractivity contribution < 1.29 is 155 Å². The lowest BCUT2D eigenvalue weighted by Crippen LogP contribution is -2.67. The van der Waals surface area contributed by atoms with Gasteiger partial charge in [0.1, 0.15) is 122 Å². The predicted molar refractivity (Wildman–Crippen MR) is 321 cm³/mol. The van der Waals surface area contributed by atoms with Crippen molar-refractivity contribution in [3.63, 3.8) is 0 Å². The van der Waals surface area contributed by atoms with Crippen molar-refractivity contribution in [3.8, 4) is 0 Å². The minimum Gasteiger partial charge on any atom is -0.394 e. The van der Waals surface area contributed by atoms with Crippen LogP contribution in [0, 0.1) is 46.3 Å².